The first kappa shape index (κ1) is 23.0. The molecule has 2 heterocycles. The van der Waals surface area contributed by atoms with Gasteiger partial charge in [0.25, 0.3) is 11.7 Å². The highest BCUT2D eigenvalue weighted by Gasteiger charge is 2.46. The lowest BCUT2D eigenvalue weighted by Gasteiger charge is -2.24. The van der Waals surface area contributed by atoms with Crippen molar-refractivity contribution >= 4 is 28.8 Å². The Morgan fingerprint density at radius 1 is 1.19 bits per heavy atom. The van der Waals surface area contributed by atoms with Crippen molar-refractivity contribution in [1.82, 2.24) is 4.90 Å². The van der Waals surface area contributed by atoms with Crippen molar-refractivity contribution in [2.75, 3.05) is 20.3 Å². The van der Waals surface area contributed by atoms with Crippen molar-refractivity contribution in [2.24, 2.45) is 0 Å². The number of rotatable bonds is 8. The number of hydrogen-bond acceptors (Lipinski definition) is 6. The first-order chi connectivity index (χ1) is 14.8. The fraction of sp³-hybridized carbons (Fsp3) is 0.417. The van der Waals surface area contributed by atoms with Crippen molar-refractivity contribution < 1.29 is 24.2 Å². The van der Waals surface area contributed by atoms with Crippen molar-refractivity contribution in [1.29, 1.82) is 0 Å². The Morgan fingerprint density at radius 2 is 1.94 bits per heavy atom. The molecule has 1 aliphatic rings. The number of nitrogens with zero attached hydrogens (tertiary/aromatic N) is 1. The standard InChI is InChI=1S/C24H29NO5S/c1-14(2)30-18-8-7-17(13-16(18)4)21(26)19-20(23-15(3)9-12-31-23)25(10-6-11-29-5)24(28)22(19)27/h7-9,12-14,20,26H,6,10-11H2,1-5H3/b21-19-. The van der Waals surface area contributed by atoms with Crippen LogP contribution in [0.4, 0.5) is 0 Å². The van der Waals surface area contributed by atoms with E-state index in [1.807, 2.05) is 39.1 Å². The van der Waals surface area contributed by atoms with Crippen LogP contribution in [0.2, 0.25) is 0 Å². The number of aliphatic hydroxyl groups excluding tert-OH is 1. The van der Waals surface area contributed by atoms with E-state index in [-0.39, 0.29) is 17.4 Å². The normalized spacial score (nSPS) is 18.3. The number of aliphatic hydroxyl groups is 1. The van der Waals surface area contributed by atoms with Gasteiger partial charge in [0.15, 0.2) is 0 Å². The Balaban J connectivity index is 2.08. The monoisotopic (exact) mass is 443 g/mol. The maximum atomic E-state index is 13.0. The second kappa shape index (κ2) is 9.66. The largest absolute Gasteiger partial charge is 0.507 e. The van der Waals surface area contributed by atoms with Gasteiger partial charge in [-0.2, -0.15) is 0 Å². The number of methoxy groups -OCH3 is 1. The van der Waals surface area contributed by atoms with Crippen LogP contribution in [0.5, 0.6) is 5.75 Å². The zero-order valence-electron chi connectivity index (χ0n) is 18.6. The molecule has 1 amide bonds. The van der Waals surface area contributed by atoms with Gasteiger partial charge in [-0.3, -0.25) is 9.59 Å². The molecule has 1 aromatic heterocycles. The summed E-state index contributed by atoms with van der Waals surface area (Å²) in [5.41, 5.74) is 2.44. The number of hydrogen-bond donors (Lipinski definition) is 1. The topological polar surface area (TPSA) is 76.1 Å². The van der Waals surface area contributed by atoms with Crippen LogP contribution < -0.4 is 4.74 Å². The Morgan fingerprint density at radius 3 is 2.52 bits per heavy atom. The van der Waals surface area contributed by atoms with Crippen LogP contribution in [0.1, 0.15) is 47.9 Å². The number of Topliss-reactive ketones (excluding diaryl/α,β-unsaturated/α-hetero) is 1. The molecule has 166 valence electrons. The van der Waals surface area contributed by atoms with Crippen LogP contribution in [0.25, 0.3) is 5.76 Å². The highest BCUT2D eigenvalue weighted by molar-refractivity contribution is 7.10. The highest BCUT2D eigenvalue weighted by atomic mass is 32.1. The van der Waals surface area contributed by atoms with Gasteiger partial charge in [0, 0.05) is 30.7 Å². The van der Waals surface area contributed by atoms with Gasteiger partial charge in [-0.05, 0) is 74.9 Å². The minimum absolute atomic E-state index is 0.0253. The molecule has 6 nitrogen and oxygen atoms in total. The molecule has 2 aromatic rings. The molecule has 0 saturated carbocycles. The molecular formula is C24H29NO5S. The third kappa shape index (κ3) is 4.67. The first-order valence-corrected chi connectivity index (χ1v) is 11.2. The summed E-state index contributed by atoms with van der Waals surface area (Å²) in [6, 6.07) is 6.63. The summed E-state index contributed by atoms with van der Waals surface area (Å²) in [6.45, 7) is 8.58. The van der Waals surface area contributed by atoms with Gasteiger partial charge in [0.2, 0.25) is 0 Å². The van der Waals surface area contributed by atoms with Crippen LogP contribution in [0, 0.1) is 13.8 Å². The van der Waals surface area contributed by atoms with Gasteiger partial charge in [-0.1, -0.05) is 0 Å². The average molecular weight is 444 g/mol. The maximum absolute atomic E-state index is 13.0. The summed E-state index contributed by atoms with van der Waals surface area (Å²) in [5, 5.41) is 13.1. The highest BCUT2D eigenvalue weighted by Crippen LogP contribution is 2.42. The number of aryl methyl sites for hydroxylation is 2. The van der Waals surface area contributed by atoms with Gasteiger partial charge < -0.3 is 19.5 Å². The number of ether oxygens (including phenoxy) is 2. The minimum Gasteiger partial charge on any atom is -0.507 e. The molecule has 1 N–H and O–H groups in total. The van der Waals surface area contributed by atoms with Gasteiger partial charge in [0.1, 0.15) is 11.5 Å². The summed E-state index contributed by atoms with van der Waals surface area (Å²) in [5.74, 6) is -0.693. The summed E-state index contributed by atoms with van der Waals surface area (Å²) < 4.78 is 10.9. The predicted octanol–water partition coefficient (Wildman–Crippen LogP) is 4.61. The van der Waals surface area contributed by atoms with Crippen LogP contribution >= 0.6 is 11.3 Å². The molecular weight excluding hydrogens is 414 g/mol. The Kier molecular flexibility index (Phi) is 7.18. The van der Waals surface area contributed by atoms with Crippen molar-refractivity contribution in [3.05, 3.63) is 56.8 Å². The van der Waals surface area contributed by atoms with E-state index in [1.54, 1.807) is 30.2 Å². The molecule has 1 saturated heterocycles. The fourth-order valence-electron chi connectivity index (χ4n) is 3.77. The van der Waals surface area contributed by atoms with Gasteiger partial charge in [-0.25, -0.2) is 0 Å². The van der Waals surface area contributed by atoms with E-state index in [2.05, 4.69) is 0 Å². The second-order valence-corrected chi connectivity index (χ2v) is 8.90. The maximum Gasteiger partial charge on any atom is 0.295 e. The van der Waals surface area contributed by atoms with Crippen molar-refractivity contribution in [3.8, 4) is 5.75 Å². The lowest BCUT2D eigenvalue weighted by molar-refractivity contribution is -0.140. The quantitative estimate of drug-likeness (QED) is 0.279. The smallest absolute Gasteiger partial charge is 0.295 e. The van der Waals surface area contributed by atoms with Crippen LogP contribution in [0.3, 0.4) is 0 Å². The number of benzene rings is 1. The van der Waals surface area contributed by atoms with E-state index >= 15 is 0 Å². The van der Waals surface area contributed by atoms with E-state index in [0.717, 1.165) is 21.8 Å². The molecule has 1 unspecified atom stereocenters. The summed E-state index contributed by atoms with van der Waals surface area (Å²) >= 11 is 1.48. The second-order valence-electron chi connectivity index (χ2n) is 7.95. The number of likely N-dealkylation sites (tertiary alicyclic amines) is 1. The molecule has 0 bridgehead atoms. The Hall–Kier alpha value is -2.64. The summed E-state index contributed by atoms with van der Waals surface area (Å²) in [7, 11) is 1.60. The number of carbonyl (C=O) groups excluding carboxylic acids is 2. The minimum atomic E-state index is -0.659. The Labute approximate surface area is 187 Å². The Bertz CT molecular complexity index is 1010. The molecule has 1 atom stereocenters. The van der Waals surface area contributed by atoms with E-state index < -0.39 is 17.7 Å². The molecule has 0 aliphatic carbocycles. The molecule has 1 aliphatic heterocycles. The third-order valence-corrected chi connectivity index (χ3v) is 6.32. The molecule has 7 heteroatoms. The zero-order chi connectivity index (χ0) is 22.7. The van der Waals surface area contributed by atoms with E-state index in [9.17, 15) is 14.7 Å². The zero-order valence-corrected chi connectivity index (χ0v) is 19.4. The van der Waals surface area contributed by atoms with Crippen LogP contribution in [-0.2, 0) is 14.3 Å². The van der Waals surface area contributed by atoms with Crippen molar-refractivity contribution in [2.45, 2.75) is 46.3 Å². The van der Waals surface area contributed by atoms with Gasteiger partial charge in [0.05, 0.1) is 17.7 Å². The number of thiophene rings is 1. The summed E-state index contributed by atoms with van der Waals surface area (Å²) in [4.78, 5) is 28.3. The lowest BCUT2D eigenvalue weighted by Crippen LogP contribution is -2.31. The fourth-order valence-corrected chi connectivity index (χ4v) is 4.81. The van der Waals surface area contributed by atoms with Gasteiger partial charge >= 0.3 is 0 Å². The predicted molar refractivity (Wildman–Crippen MR) is 122 cm³/mol. The molecule has 31 heavy (non-hydrogen) atoms. The molecule has 0 radical (unpaired) electrons. The van der Waals surface area contributed by atoms with Gasteiger partial charge in [-0.15, -0.1) is 11.3 Å². The molecule has 3 rings (SSSR count). The van der Waals surface area contributed by atoms with Crippen LogP contribution in [-0.4, -0.2) is 48.1 Å². The number of ketones is 1. The van der Waals surface area contributed by atoms with Crippen molar-refractivity contribution in [3.63, 3.8) is 0 Å². The average Bonchev–Trinajstić information content (AvgIpc) is 3.24. The molecule has 1 aromatic carbocycles. The summed E-state index contributed by atoms with van der Waals surface area (Å²) in [6.07, 6.45) is 0.627. The van der Waals surface area contributed by atoms with Crippen LogP contribution in [0.15, 0.2) is 35.2 Å². The SMILES string of the molecule is COCCCN1C(=O)C(=O)/C(=C(\O)c2ccc(OC(C)C)c(C)c2)C1c1sccc1C. The molecule has 0 spiro atoms. The van der Waals surface area contributed by atoms with E-state index in [4.69, 9.17) is 9.47 Å². The lowest BCUT2D eigenvalue weighted by atomic mass is 9.97. The third-order valence-electron chi connectivity index (χ3n) is 5.25. The first-order valence-electron chi connectivity index (χ1n) is 10.3. The number of amides is 1. The number of carbonyl (C=O) groups is 2. The van der Waals surface area contributed by atoms with E-state index in [1.165, 1.54) is 11.3 Å². The molecule has 1 fully saturated rings. The van der Waals surface area contributed by atoms with E-state index in [0.29, 0.717) is 25.1 Å².